The predicted octanol–water partition coefficient (Wildman–Crippen LogP) is 4.37. The third-order valence-electron chi connectivity index (χ3n) is 5.31. The van der Waals surface area contributed by atoms with Crippen molar-refractivity contribution in [3.8, 4) is 17.1 Å². The minimum absolute atomic E-state index is 0.582. The first kappa shape index (κ1) is 19.5. The first-order valence-corrected chi connectivity index (χ1v) is 10.2. The van der Waals surface area contributed by atoms with Crippen LogP contribution < -0.4 is 9.64 Å². The zero-order valence-electron chi connectivity index (χ0n) is 17.2. The van der Waals surface area contributed by atoms with E-state index < -0.39 is 0 Å². The van der Waals surface area contributed by atoms with Gasteiger partial charge in [-0.05, 0) is 56.1 Å². The summed E-state index contributed by atoms with van der Waals surface area (Å²) in [7, 11) is 3.71. The van der Waals surface area contributed by atoms with Gasteiger partial charge in [-0.1, -0.05) is 29.4 Å². The maximum absolute atomic E-state index is 5.45. The Bertz CT molecular complexity index is 917. The summed E-state index contributed by atoms with van der Waals surface area (Å²) in [5, 5.41) is 4.11. The number of nitrogens with zero attached hydrogens (tertiary/aromatic N) is 4. The van der Waals surface area contributed by atoms with Crippen LogP contribution in [0.2, 0.25) is 0 Å². The number of aromatic nitrogens is 2. The summed E-state index contributed by atoms with van der Waals surface area (Å²) in [6.45, 7) is 3.78. The van der Waals surface area contributed by atoms with E-state index in [0.717, 1.165) is 17.9 Å². The van der Waals surface area contributed by atoms with Crippen molar-refractivity contribution in [2.45, 2.75) is 32.4 Å². The molecule has 0 atom stereocenters. The topological polar surface area (TPSA) is 54.6 Å². The summed E-state index contributed by atoms with van der Waals surface area (Å²) in [5.74, 6) is 1.97. The maximum atomic E-state index is 5.45. The molecule has 0 amide bonds. The molecule has 2 aromatic carbocycles. The SMILES string of the molecule is COc1cccc(-c2noc(CN(C)Cc3ccc(N4CCCCC4)cc3)n2)c1. The molecule has 3 aromatic rings. The van der Waals surface area contributed by atoms with Crippen molar-refractivity contribution in [2.24, 2.45) is 0 Å². The van der Waals surface area contributed by atoms with Gasteiger partial charge >= 0.3 is 0 Å². The van der Waals surface area contributed by atoms with Gasteiger partial charge < -0.3 is 14.2 Å². The Hall–Kier alpha value is -2.86. The van der Waals surface area contributed by atoms with Gasteiger partial charge in [-0.2, -0.15) is 4.98 Å². The molecule has 6 nitrogen and oxygen atoms in total. The maximum Gasteiger partial charge on any atom is 0.241 e. The standard InChI is InChI=1S/C23H28N4O2/c1-26(16-18-9-11-20(12-10-18)27-13-4-3-5-14-27)17-22-24-23(25-29-22)19-7-6-8-21(15-19)28-2/h6-12,15H,3-5,13-14,16-17H2,1-2H3. The Morgan fingerprint density at radius 2 is 1.83 bits per heavy atom. The van der Waals surface area contributed by atoms with Gasteiger partial charge in [0, 0.05) is 30.9 Å². The third kappa shape index (κ3) is 4.95. The number of piperidine rings is 1. The summed E-state index contributed by atoms with van der Waals surface area (Å²) >= 11 is 0. The highest BCUT2D eigenvalue weighted by Crippen LogP contribution is 2.22. The van der Waals surface area contributed by atoms with Crippen LogP contribution in [0.3, 0.4) is 0 Å². The van der Waals surface area contributed by atoms with E-state index in [2.05, 4.69) is 51.3 Å². The number of hydrogen-bond acceptors (Lipinski definition) is 6. The van der Waals surface area contributed by atoms with Crippen molar-refractivity contribution in [2.75, 3.05) is 32.1 Å². The van der Waals surface area contributed by atoms with E-state index in [4.69, 9.17) is 9.26 Å². The molecule has 4 rings (SSSR count). The number of hydrogen-bond donors (Lipinski definition) is 0. The van der Waals surface area contributed by atoms with E-state index in [1.54, 1.807) is 7.11 Å². The first-order chi connectivity index (χ1) is 14.2. The minimum atomic E-state index is 0.582. The molecule has 1 saturated heterocycles. The van der Waals surface area contributed by atoms with E-state index in [1.807, 2.05) is 24.3 Å². The van der Waals surface area contributed by atoms with E-state index in [0.29, 0.717) is 18.3 Å². The lowest BCUT2D eigenvalue weighted by molar-refractivity contribution is 0.261. The molecule has 0 spiro atoms. The summed E-state index contributed by atoms with van der Waals surface area (Å²) in [6.07, 6.45) is 3.95. The summed E-state index contributed by atoms with van der Waals surface area (Å²) in [5.41, 5.74) is 3.49. The quantitative estimate of drug-likeness (QED) is 0.595. The molecule has 29 heavy (non-hydrogen) atoms. The van der Waals surface area contributed by atoms with Gasteiger partial charge in [0.05, 0.1) is 13.7 Å². The molecular formula is C23H28N4O2. The molecule has 1 fully saturated rings. The Kier molecular flexibility index (Phi) is 6.10. The minimum Gasteiger partial charge on any atom is -0.497 e. The van der Waals surface area contributed by atoms with Crippen LogP contribution in [0.1, 0.15) is 30.7 Å². The highest BCUT2D eigenvalue weighted by atomic mass is 16.5. The molecule has 0 bridgehead atoms. The van der Waals surface area contributed by atoms with Crippen LogP contribution in [0.25, 0.3) is 11.4 Å². The summed E-state index contributed by atoms with van der Waals surface area (Å²) < 4.78 is 10.7. The lowest BCUT2D eigenvalue weighted by Gasteiger charge is -2.29. The van der Waals surface area contributed by atoms with Crippen molar-refractivity contribution in [3.63, 3.8) is 0 Å². The second kappa shape index (κ2) is 9.09. The van der Waals surface area contributed by atoms with Gasteiger partial charge in [0.2, 0.25) is 11.7 Å². The molecule has 1 aliphatic heterocycles. The summed E-state index contributed by atoms with van der Waals surface area (Å²) in [6, 6.07) is 16.6. The predicted molar refractivity (Wildman–Crippen MR) is 114 cm³/mol. The average Bonchev–Trinajstić information content (AvgIpc) is 3.23. The molecule has 1 aromatic heterocycles. The number of benzene rings is 2. The van der Waals surface area contributed by atoms with Crippen LogP contribution in [0, 0.1) is 0 Å². The molecule has 2 heterocycles. The molecule has 6 heteroatoms. The van der Waals surface area contributed by atoms with Gasteiger partial charge in [0.15, 0.2) is 0 Å². The fourth-order valence-electron chi connectivity index (χ4n) is 3.76. The van der Waals surface area contributed by atoms with Gasteiger partial charge in [0.25, 0.3) is 0 Å². The molecule has 1 aliphatic rings. The van der Waals surface area contributed by atoms with Crippen molar-refractivity contribution in [1.29, 1.82) is 0 Å². The lowest BCUT2D eigenvalue weighted by atomic mass is 10.1. The van der Waals surface area contributed by atoms with Crippen LogP contribution >= 0.6 is 0 Å². The zero-order valence-corrected chi connectivity index (χ0v) is 17.2. The van der Waals surface area contributed by atoms with Crippen LogP contribution in [-0.4, -0.2) is 42.3 Å². The Balaban J connectivity index is 1.35. The first-order valence-electron chi connectivity index (χ1n) is 10.2. The number of ether oxygens (including phenoxy) is 1. The van der Waals surface area contributed by atoms with Crippen molar-refractivity contribution in [3.05, 3.63) is 60.0 Å². The van der Waals surface area contributed by atoms with Crippen LogP contribution in [-0.2, 0) is 13.1 Å². The molecule has 0 unspecified atom stereocenters. The largest absolute Gasteiger partial charge is 0.497 e. The van der Waals surface area contributed by atoms with Crippen LogP contribution in [0.5, 0.6) is 5.75 Å². The fourth-order valence-corrected chi connectivity index (χ4v) is 3.76. The van der Waals surface area contributed by atoms with Crippen LogP contribution in [0.15, 0.2) is 53.1 Å². The third-order valence-corrected chi connectivity index (χ3v) is 5.31. The molecule has 0 N–H and O–H groups in total. The number of methoxy groups -OCH3 is 1. The van der Waals surface area contributed by atoms with Gasteiger partial charge in [0.1, 0.15) is 5.75 Å². The molecule has 0 radical (unpaired) electrons. The molecule has 152 valence electrons. The molecule has 0 aliphatic carbocycles. The van der Waals surface area contributed by atoms with E-state index in [9.17, 15) is 0 Å². The van der Waals surface area contributed by atoms with Crippen molar-refractivity contribution >= 4 is 5.69 Å². The fraction of sp³-hybridized carbons (Fsp3) is 0.391. The number of rotatable bonds is 7. The Morgan fingerprint density at radius 1 is 1.03 bits per heavy atom. The smallest absolute Gasteiger partial charge is 0.241 e. The van der Waals surface area contributed by atoms with Gasteiger partial charge in [-0.15, -0.1) is 0 Å². The molecule has 0 saturated carbocycles. The Morgan fingerprint density at radius 3 is 2.59 bits per heavy atom. The Labute approximate surface area is 172 Å². The van der Waals surface area contributed by atoms with Gasteiger partial charge in [-0.3, -0.25) is 4.90 Å². The highest BCUT2D eigenvalue weighted by Gasteiger charge is 2.13. The zero-order chi connectivity index (χ0) is 20.1. The van der Waals surface area contributed by atoms with E-state index >= 15 is 0 Å². The summed E-state index contributed by atoms with van der Waals surface area (Å²) in [4.78, 5) is 9.19. The second-order valence-electron chi connectivity index (χ2n) is 7.63. The monoisotopic (exact) mass is 392 g/mol. The normalized spacial score (nSPS) is 14.4. The number of anilines is 1. The highest BCUT2D eigenvalue weighted by molar-refractivity contribution is 5.56. The second-order valence-corrected chi connectivity index (χ2v) is 7.63. The van der Waals surface area contributed by atoms with E-state index in [-0.39, 0.29) is 0 Å². The van der Waals surface area contributed by atoms with E-state index in [1.165, 1.54) is 43.6 Å². The van der Waals surface area contributed by atoms with Crippen LogP contribution in [0.4, 0.5) is 5.69 Å². The van der Waals surface area contributed by atoms with Crippen molar-refractivity contribution < 1.29 is 9.26 Å². The average molecular weight is 393 g/mol. The van der Waals surface area contributed by atoms with Gasteiger partial charge in [-0.25, -0.2) is 0 Å². The van der Waals surface area contributed by atoms with Crippen molar-refractivity contribution in [1.82, 2.24) is 15.0 Å². The lowest BCUT2D eigenvalue weighted by Crippen LogP contribution is -2.29. The molecular weight excluding hydrogens is 364 g/mol.